The van der Waals surface area contributed by atoms with E-state index in [0.29, 0.717) is 23.9 Å². The highest BCUT2D eigenvalue weighted by molar-refractivity contribution is 6.30. The number of carbonyl (C=O) groups excluding carboxylic acids is 1. The molecular formula is C18H20ClN5O. The number of nitrogens with zero attached hydrogens (tertiary/aromatic N) is 4. The monoisotopic (exact) mass is 357 g/mol. The first-order valence-electron chi connectivity index (χ1n) is 8.08. The van der Waals surface area contributed by atoms with Crippen LogP contribution in [0.25, 0.3) is 0 Å². The van der Waals surface area contributed by atoms with Crippen LogP contribution in [0.5, 0.6) is 0 Å². The fraction of sp³-hybridized carbons (Fsp3) is 0.278. The highest BCUT2D eigenvalue weighted by Gasteiger charge is 2.17. The van der Waals surface area contributed by atoms with Crippen molar-refractivity contribution >= 4 is 23.3 Å². The van der Waals surface area contributed by atoms with Gasteiger partial charge in [0.1, 0.15) is 5.82 Å². The number of rotatable bonds is 6. The summed E-state index contributed by atoms with van der Waals surface area (Å²) >= 11 is 5.86. The molecule has 3 rings (SSSR count). The SMILES string of the molecule is Cc1cc(NC(=O)[C@H](C)Cn2cc(Cl)cn2)n(Cc2ccccc2)n1. The van der Waals surface area contributed by atoms with Gasteiger partial charge in [0.25, 0.3) is 0 Å². The summed E-state index contributed by atoms with van der Waals surface area (Å²) in [6.45, 7) is 4.83. The molecular weight excluding hydrogens is 338 g/mol. The second-order valence-electron chi connectivity index (χ2n) is 6.09. The minimum atomic E-state index is -0.253. The van der Waals surface area contributed by atoms with E-state index in [1.54, 1.807) is 21.8 Å². The van der Waals surface area contributed by atoms with Gasteiger partial charge in [-0.15, -0.1) is 0 Å². The lowest BCUT2D eigenvalue weighted by Gasteiger charge is -2.13. The Morgan fingerprint density at radius 2 is 2.08 bits per heavy atom. The molecule has 0 aliphatic carbocycles. The Hall–Kier alpha value is -2.60. The van der Waals surface area contributed by atoms with Crippen molar-refractivity contribution in [2.75, 3.05) is 5.32 Å². The number of nitrogens with one attached hydrogen (secondary N) is 1. The summed E-state index contributed by atoms with van der Waals surface area (Å²) in [5.41, 5.74) is 1.98. The lowest BCUT2D eigenvalue weighted by atomic mass is 10.1. The summed E-state index contributed by atoms with van der Waals surface area (Å²) in [6, 6.07) is 11.9. The van der Waals surface area contributed by atoms with E-state index in [9.17, 15) is 4.79 Å². The van der Waals surface area contributed by atoms with Crippen molar-refractivity contribution < 1.29 is 4.79 Å². The lowest BCUT2D eigenvalue weighted by molar-refractivity contribution is -0.119. The first-order chi connectivity index (χ1) is 12.0. The zero-order chi connectivity index (χ0) is 17.8. The predicted molar refractivity (Wildman–Crippen MR) is 97.5 cm³/mol. The summed E-state index contributed by atoms with van der Waals surface area (Å²) in [6.07, 6.45) is 3.26. The molecule has 0 fully saturated rings. The van der Waals surface area contributed by atoms with Crippen LogP contribution in [0.2, 0.25) is 5.02 Å². The lowest BCUT2D eigenvalue weighted by Crippen LogP contribution is -2.26. The molecule has 1 N–H and O–H groups in total. The van der Waals surface area contributed by atoms with Crippen molar-refractivity contribution in [1.82, 2.24) is 19.6 Å². The topological polar surface area (TPSA) is 64.7 Å². The molecule has 6 nitrogen and oxygen atoms in total. The van der Waals surface area contributed by atoms with Crippen LogP contribution in [0, 0.1) is 12.8 Å². The third kappa shape index (κ3) is 4.48. The highest BCUT2D eigenvalue weighted by atomic mass is 35.5. The largest absolute Gasteiger partial charge is 0.311 e. The molecule has 3 aromatic rings. The molecule has 0 spiro atoms. The molecule has 7 heteroatoms. The van der Waals surface area contributed by atoms with Crippen LogP contribution in [0.4, 0.5) is 5.82 Å². The van der Waals surface area contributed by atoms with Gasteiger partial charge in [-0.3, -0.25) is 9.48 Å². The third-order valence-electron chi connectivity index (χ3n) is 3.84. The van der Waals surface area contributed by atoms with E-state index in [1.165, 1.54) is 0 Å². The Morgan fingerprint density at radius 3 is 2.76 bits per heavy atom. The van der Waals surface area contributed by atoms with Gasteiger partial charge in [-0.2, -0.15) is 10.2 Å². The van der Waals surface area contributed by atoms with Crippen LogP contribution in [0.1, 0.15) is 18.2 Å². The molecule has 0 radical (unpaired) electrons. The number of hydrogen-bond donors (Lipinski definition) is 1. The highest BCUT2D eigenvalue weighted by Crippen LogP contribution is 2.15. The molecule has 0 unspecified atom stereocenters. The van der Waals surface area contributed by atoms with E-state index in [4.69, 9.17) is 11.6 Å². The van der Waals surface area contributed by atoms with E-state index >= 15 is 0 Å². The summed E-state index contributed by atoms with van der Waals surface area (Å²) < 4.78 is 3.47. The smallest absolute Gasteiger partial charge is 0.230 e. The Morgan fingerprint density at radius 1 is 1.32 bits per heavy atom. The van der Waals surface area contributed by atoms with Gasteiger partial charge in [0.2, 0.25) is 5.91 Å². The molecule has 130 valence electrons. The molecule has 1 aromatic carbocycles. The van der Waals surface area contributed by atoms with Crippen LogP contribution in [-0.4, -0.2) is 25.5 Å². The number of halogens is 1. The molecule has 0 aliphatic heterocycles. The van der Waals surface area contributed by atoms with Crippen molar-refractivity contribution in [3.63, 3.8) is 0 Å². The number of anilines is 1. The number of benzene rings is 1. The van der Waals surface area contributed by atoms with E-state index in [0.717, 1.165) is 11.3 Å². The van der Waals surface area contributed by atoms with Gasteiger partial charge in [0.15, 0.2) is 0 Å². The maximum absolute atomic E-state index is 12.5. The van der Waals surface area contributed by atoms with Crippen molar-refractivity contribution in [3.8, 4) is 0 Å². The van der Waals surface area contributed by atoms with Crippen molar-refractivity contribution in [1.29, 1.82) is 0 Å². The molecule has 0 saturated heterocycles. The molecule has 0 saturated carbocycles. The number of aromatic nitrogens is 4. The molecule has 1 atom stereocenters. The van der Waals surface area contributed by atoms with E-state index in [2.05, 4.69) is 15.5 Å². The van der Waals surface area contributed by atoms with Gasteiger partial charge in [-0.1, -0.05) is 48.9 Å². The Balaban J connectivity index is 1.68. The summed E-state index contributed by atoms with van der Waals surface area (Å²) in [5, 5.41) is 12.1. The molecule has 2 heterocycles. The van der Waals surface area contributed by atoms with Gasteiger partial charge in [-0.25, -0.2) is 4.68 Å². The molecule has 1 amide bonds. The predicted octanol–water partition coefficient (Wildman–Crippen LogP) is 3.36. The van der Waals surface area contributed by atoms with Gasteiger partial charge in [0, 0.05) is 12.3 Å². The minimum absolute atomic E-state index is 0.0826. The quantitative estimate of drug-likeness (QED) is 0.735. The van der Waals surface area contributed by atoms with E-state index in [-0.39, 0.29) is 11.8 Å². The summed E-state index contributed by atoms with van der Waals surface area (Å²) in [5.74, 6) is 0.355. The van der Waals surface area contributed by atoms with E-state index < -0.39 is 0 Å². The van der Waals surface area contributed by atoms with Crippen molar-refractivity contribution in [2.24, 2.45) is 5.92 Å². The van der Waals surface area contributed by atoms with Gasteiger partial charge >= 0.3 is 0 Å². The second kappa shape index (κ2) is 7.53. The number of carbonyl (C=O) groups is 1. The molecule has 2 aromatic heterocycles. The zero-order valence-electron chi connectivity index (χ0n) is 14.2. The van der Waals surface area contributed by atoms with Gasteiger partial charge < -0.3 is 5.32 Å². The average molecular weight is 358 g/mol. The number of amides is 1. The summed E-state index contributed by atoms with van der Waals surface area (Å²) in [4.78, 5) is 12.5. The van der Waals surface area contributed by atoms with Crippen LogP contribution in [-0.2, 0) is 17.9 Å². The van der Waals surface area contributed by atoms with Gasteiger partial charge in [0.05, 0.1) is 35.9 Å². The van der Waals surface area contributed by atoms with Crippen LogP contribution < -0.4 is 5.32 Å². The Labute approximate surface area is 151 Å². The fourth-order valence-electron chi connectivity index (χ4n) is 2.57. The first kappa shape index (κ1) is 17.2. The average Bonchev–Trinajstić information content (AvgIpc) is 3.14. The zero-order valence-corrected chi connectivity index (χ0v) is 14.9. The van der Waals surface area contributed by atoms with Crippen LogP contribution in [0.3, 0.4) is 0 Å². The first-order valence-corrected chi connectivity index (χ1v) is 8.46. The number of hydrogen-bond acceptors (Lipinski definition) is 3. The Bertz CT molecular complexity index is 855. The van der Waals surface area contributed by atoms with Crippen LogP contribution in [0.15, 0.2) is 48.8 Å². The fourth-order valence-corrected chi connectivity index (χ4v) is 2.73. The van der Waals surface area contributed by atoms with E-state index in [1.807, 2.05) is 50.2 Å². The molecule has 0 aliphatic rings. The minimum Gasteiger partial charge on any atom is -0.311 e. The standard InChI is InChI=1S/C18H20ClN5O/c1-13(10-23-12-16(19)9-20-23)18(25)21-17-8-14(2)22-24(17)11-15-6-4-3-5-7-15/h3-9,12-13H,10-11H2,1-2H3,(H,21,25)/t13-/m1/s1. The second-order valence-corrected chi connectivity index (χ2v) is 6.52. The molecule has 0 bridgehead atoms. The van der Waals surface area contributed by atoms with Crippen molar-refractivity contribution in [2.45, 2.75) is 26.9 Å². The summed E-state index contributed by atoms with van der Waals surface area (Å²) in [7, 11) is 0. The molecule has 25 heavy (non-hydrogen) atoms. The third-order valence-corrected chi connectivity index (χ3v) is 4.03. The van der Waals surface area contributed by atoms with Crippen LogP contribution >= 0.6 is 11.6 Å². The normalized spacial score (nSPS) is 12.1. The Kier molecular flexibility index (Phi) is 5.19. The maximum Gasteiger partial charge on any atom is 0.230 e. The number of aryl methyl sites for hydroxylation is 1. The van der Waals surface area contributed by atoms with Gasteiger partial charge in [-0.05, 0) is 12.5 Å². The maximum atomic E-state index is 12.5. The van der Waals surface area contributed by atoms with Crippen molar-refractivity contribution in [3.05, 3.63) is 65.1 Å².